The van der Waals surface area contributed by atoms with Gasteiger partial charge in [-0.3, -0.25) is 4.79 Å². The largest absolute Gasteiger partial charge is 0.506 e. The van der Waals surface area contributed by atoms with Gasteiger partial charge in [-0.15, -0.1) is 0 Å². The minimum atomic E-state index is -0.536. The number of carbonyl (C=O) groups excluding carboxylic acids is 1. The molecule has 0 atom stereocenters. The van der Waals surface area contributed by atoms with E-state index < -0.39 is 5.91 Å². The lowest BCUT2D eigenvalue weighted by Gasteiger charge is -2.07. The molecule has 7 heteroatoms. The Hall–Kier alpha value is -2.30. The quantitative estimate of drug-likeness (QED) is 0.530. The van der Waals surface area contributed by atoms with Crippen LogP contribution in [-0.4, -0.2) is 18.1 Å². The lowest BCUT2D eigenvalue weighted by Crippen LogP contribution is -2.13. The van der Waals surface area contributed by atoms with Crippen molar-refractivity contribution in [2.75, 3.05) is 12.4 Å². The molecule has 1 amide bonds. The standard InChI is InChI=1S/C17H12Br2N2O3/c1-24-13-4-2-3-12(8-13)21-17(23)11(9-20)5-10-6-14(18)16(22)15(19)7-10/h2-8,22H,1H3,(H,21,23). The van der Waals surface area contributed by atoms with Crippen molar-refractivity contribution in [2.24, 2.45) is 0 Å². The summed E-state index contributed by atoms with van der Waals surface area (Å²) >= 11 is 6.42. The molecule has 5 nitrogen and oxygen atoms in total. The van der Waals surface area contributed by atoms with Gasteiger partial charge < -0.3 is 15.2 Å². The van der Waals surface area contributed by atoms with Crippen LogP contribution in [0.3, 0.4) is 0 Å². The number of rotatable bonds is 4. The Morgan fingerprint density at radius 1 is 1.29 bits per heavy atom. The van der Waals surface area contributed by atoms with Gasteiger partial charge >= 0.3 is 0 Å². The van der Waals surface area contributed by atoms with E-state index in [-0.39, 0.29) is 11.3 Å². The summed E-state index contributed by atoms with van der Waals surface area (Å²) in [5, 5.41) is 21.6. The molecule has 0 unspecified atom stereocenters. The Morgan fingerprint density at radius 2 is 1.96 bits per heavy atom. The number of nitriles is 1. The molecule has 2 aromatic rings. The summed E-state index contributed by atoms with van der Waals surface area (Å²) < 4.78 is 6.00. The normalized spacial score (nSPS) is 10.8. The Kier molecular flexibility index (Phi) is 6.01. The summed E-state index contributed by atoms with van der Waals surface area (Å²) in [6, 6.07) is 11.9. The van der Waals surface area contributed by atoms with E-state index in [1.807, 2.05) is 6.07 Å². The number of hydrogen-bond acceptors (Lipinski definition) is 4. The molecule has 0 aromatic heterocycles. The zero-order valence-corrected chi connectivity index (χ0v) is 15.7. The highest BCUT2D eigenvalue weighted by molar-refractivity contribution is 9.11. The van der Waals surface area contributed by atoms with Crippen LogP contribution in [0.1, 0.15) is 5.56 Å². The van der Waals surface area contributed by atoms with E-state index in [2.05, 4.69) is 37.2 Å². The van der Waals surface area contributed by atoms with E-state index in [0.717, 1.165) is 0 Å². The molecule has 2 rings (SSSR count). The highest BCUT2D eigenvalue weighted by Gasteiger charge is 2.11. The van der Waals surface area contributed by atoms with Crippen molar-refractivity contribution in [3.63, 3.8) is 0 Å². The molecule has 0 saturated carbocycles. The number of ether oxygens (including phenoxy) is 1. The topological polar surface area (TPSA) is 82.3 Å². The van der Waals surface area contributed by atoms with Gasteiger partial charge in [0, 0.05) is 11.8 Å². The number of halogens is 2. The van der Waals surface area contributed by atoms with Gasteiger partial charge in [-0.2, -0.15) is 5.26 Å². The maximum atomic E-state index is 12.3. The number of nitrogens with one attached hydrogen (secondary N) is 1. The average Bonchev–Trinajstić information content (AvgIpc) is 2.57. The maximum absolute atomic E-state index is 12.3. The number of nitrogens with zero attached hydrogens (tertiary/aromatic N) is 1. The van der Waals surface area contributed by atoms with Crippen LogP contribution in [-0.2, 0) is 4.79 Å². The van der Waals surface area contributed by atoms with Crippen LogP contribution in [0.25, 0.3) is 6.08 Å². The fourth-order valence-corrected chi connectivity index (χ4v) is 3.10. The number of methoxy groups -OCH3 is 1. The van der Waals surface area contributed by atoms with Crippen LogP contribution in [0.15, 0.2) is 50.9 Å². The lowest BCUT2D eigenvalue weighted by molar-refractivity contribution is -0.112. The third-order valence-electron chi connectivity index (χ3n) is 3.04. The molecular weight excluding hydrogens is 440 g/mol. The maximum Gasteiger partial charge on any atom is 0.266 e. The molecule has 122 valence electrons. The van der Waals surface area contributed by atoms with Crippen molar-refractivity contribution >= 4 is 49.5 Å². The van der Waals surface area contributed by atoms with Gasteiger partial charge in [0.1, 0.15) is 23.1 Å². The van der Waals surface area contributed by atoms with E-state index in [1.54, 1.807) is 36.4 Å². The van der Waals surface area contributed by atoms with Gasteiger partial charge in [0.15, 0.2) is 0 Å². The first-order valence-electron chi connectivity index (χ1n) is 6.70. The van der Waals surface area contributed by atoms with Crippen LogP contribution >= 0.6 is 31.9 Å². The molecule has 0 spiro atoms. The second kappa shape index (κ2) is 7.99. The van der Waals surface area contributed by atoms with Gasteiger partial charge in [0.2, 0.25) is 0 Å². The fraction of sp³-hybridized carbons (Fsp3) is 0.0588. The zero-order chi connectivity index (χ0) is 17.7. The van der Waals surface area contributed by atoms with Crippen LogP contribution in [0.5, 0.6) is 11.5 Å². The first kappa shape index (κ1) is 18.0. The van der Waals surface area contributed by atoms with Crippen LogP contribution in [0.2, 0.25) is 0 Å². The van der Waals surface area contributed by atoms with Crippen LogP contribution < -0.4 is 10.1 Å². The number of phenolic OH excluding ortho intramolecular Hbond substituents is 1. The van der Waals surface area contributed by atoms with Crippen molar-refractivity contribution in [1.82, 2.24) is 0 Å². The average molecular weight is 452 g/mol. The van der Waals surface area contributed by atoms with Crippen molar-refractivity contribution in [3.05, 3.63) is 56.5 Å². The van der Waals surface area contributed by atoms with E-state index in [4.69, 9.17) is 4.74 Å². The first-order chi connectivity index (χ1) is 11.4. The van der Waals surface area contributed by atoms with Gasteiger partial charge in [-0.1, -0.05) is 6.07 Å². The highest BCUT2D eigenvalue weighted by atomic mass is 79.9. The van der Waals surface area contributed by atoms with Gasteiger partial charge in [-0.25, -0.2) is 0 Å². The summed E-state index contributed by atoms with van der Waals surface area (Å²) in [4.78, 5) is 12.3. The van der Waals surface area contributed by atoms with E-state index >= 15 is 0 Å². The number of carbonyl (C=O) groups is 1. The minimum absolute atomic E-state index is 0.0477. The van der Waals surface area contributed by atoms with Crippen LogP contribution in [0.4, 0.5) is 5.69 Å². The van der Waals surface area contributed by atoms with E-state index in [0.29, 0.717) is 25.9 Å². The summed E-state index contributed by atoms with van der Waals surface area (Å²) in [5.41, 5.74) is 1.04. The lowest BCUT2D eigenvalue weighted by atomic mass is 10.1. The number of aromatic hydroxyl groups is 1. The molecule has 0 saturated heterocycles. The second-order valence-corrected chi connectivity index (χ2v) is 6.40. The molecule has 0 radical (unpaired) electrons. The summed E-state index contributed by atoms with van der Waals surface area (Å²) in [6.45, 7) is 0. The first-order valence-corrected chi connectivity index (χ1v) is 8.28. The van der Waals surface area contributed by atoms with Crippen molar-refractivity contribution in [3.8, 4) is 17.6 Å². The minimum Gasteiger partial charge on any atom is -0.506 e. The molecule has 2 N–H and O–H groups in total. The molecule has 0 aliphatic rings. The van der Waals surface area contributed by atoms with Gasteiger partial charge in [-0.05, 0) is 67.8 Å². The van der Waals surface area contributed by atoms with Crippen LogP contribution in [0, 0.1) is 11.3 Å². The predicted octanol–water partition coefficient (Wildman–Crippen LogP) is 4.47. The number of benzene rings is 2. The van der Waals surface area contributed by atoms with E-state index in [9.17, 15) is 15.2 Å². The summed E-state index contributed by atoms with van der Waals surface area (Å²) in [5.74, 6) is 0.110. The van der Waals surface area contributed by atoms with Crippen molar-refractivity contribution in [2.45, 2.75) is 0 Å². The SMILES string of the molecule is COc1cccc(NC(=O)C(C#N)=Cc2cc(Br)c(O)c(Br)c2)c1. The second-order valence-electron chi connectivity index (χ2n) is 4.69. The third kappa shape index (κ3) is 4.37. The number of phenols is 1. The fourth-order valence-electron chi connectivity index (χ4n) is 1.88. The predicted molar refractivity (Wildman–Crippen MR) is 98.7 cm³/mol. The summed E-state index contributed by atoms with van der Waals surface area (Å²) in [7, 11) is 1.53. The molecule has 24 heavy (non-hydrogen) atoms. The van der Waals surface area contributed by atoms with E-state index in [1.165, 1.54) is 13.2 Å². The molecule has 0 fully saturated rings. The zero-order valence-electron chi connectivity index (χ0n) is 12.5. The monoisotopic (exact) mass is 450 g/mol. The Bertz CT molecular complexity index is 834. The molecule has 0 aliphatic carbocycles. The Balaban J connectivity index is 2.27. The third-order valence-corrected chi connectivity index (χ3v) is 4.25. The smallest absolute Gasteiger partial charge is 0.266 e. The number of anilines is 1. The van der Waals surface area contributed by atoms with Gasteiger partial charge in [0.05, 0.1) is 16.1 Å². The number of amides is 1. The molecule has 2 aromatic carbocycles. The van der Waals surface area contributed by atoms with Crippen molar-refractivity contribution < 1.29 is 14.6 Å². The summed E-state index contributed by atoms with van der Waals surface area (Å²) in [6.07, 6.45) is 1.43. The molecule has 0 aliphatic heterocycles. The number of hydrogen-bond donors (Lipinski definition) is 2. The highest BCUT2D eigenvalue weighted by Crippen LogP contribution is 2.34. The Labute approximate surface area is 155 Å². The molecule has 0 heterocycles. The van der Waals surface area contributed by atoms with Gasteiger partial charge in [0.25, 0.3) is 5.91 Å². The Morgan fingerprint density at radius 3 is 2.54 bits per heavy atom. The molecular formula is C17H12Br2N2O3. The molecule has 0 bridgehead atoms. The van der Waals surface area contributed by atoms with Crippen molar-refractivity contribution in [1.29, 1.82) is 5.26 Å².